The number of pyridine rings is 1. The van der Waals surface area contributed by atoms with Crippen LogP contribution in [0.4, 0.5) is 5.82 Å². The molecule has 4 aromatic rings. The molecule has 0 saturated carbocycles. The Hall–Kier alpha value is -3.19. The van der Waals surface area contributed by atoms with Crippen LogP contribution in [0.3, 0.4) is 0 Å². The van der Waals surface area contributed by atoms with Crippen LogP contribution in [0.1, 0.15) is 11.9 Å². The van der Waals surface area contributed by atoms with Crippen LogP contribution in [-0.4, -0.2) is 82.9 Å². The maximum Gasteiger partial charge on any atom is 0.167 e. The lowest BCUT2D eigenvalue weighted by atomic mass is 10.1. The van der Waals surface area contributed by atoms with Crippen LogP contribution in [0.2, 0.25) is 0 Å². The van der Waals surface area contributed by atoms with Crippen LogP contribution in [-0.2, 0) is 11.3 Å². The first kappa shape index (κ1) is 20.7. The predicted molar refractivity (Wildman–Crippen MR) is 116 cm³/mol. The fraction of sp³-hybridized carbons (Fsp3) is 0.450. The van der Waals surface area contributed by atoms with E-state index in [1.807, 2.05) is 23.7 Å². The lowest BCUT2D eigenvalue weighted by Gasteiger charge is -2.16. The normalized spacial score (nSPS) is 23.4. The molecule has 168 valence electrons. The van der Waals surface area contributed by atoms with Crippen molar-refractivity contribution in [2.24, 2.45) is 0 Å². The van der Waals surface area contributed by atoms with Gasteiger partial charge in [-0.05, 0) is 19.1 Å². The van der Waals surface area contributed by atoms with Crippen LogP contribution < -0.4 is 10.6 Å². The van der Waals surface area contributed by atoms with E-state index in [-0.39, 0.29) is 0 Å². The van der Waals surface area contributed by atoms with Gasteiger partial charge in [0.25, 0.3) is 0 Å². The minimum Gasteiger partial charge on any atom is -0.387 e. The molecule has 1 aliphatic rings. The van der Waals surface area contributed by atoms with Crippen molar-refractivity contribution in [2.75, 3.05) is 25.5 Å². The van der Waals surface area contributed by atoms with E-state index in [2.05, 4.69) is 35.7 Å². The monoisotopic (exact) mass is 439 g/mol. The third-order valence-corrected chi connectivity index (χ3v) is 5.74. The zero-order chi connectivity index (χ0) is 22.2. The fourth-order valence-electron chi connectivity index (χ4n) is 4.10. The maximum atomic E-state index is 10.6. The summed E-state index contributed by atoms with van der Waals surface area (Å²) in [4.78, 5) is 17.1. The molecule has 0 aliphatic carbocycles. The third kappa shape index (κ3) is 3.46. The zero-order valence-electron chi connectivity index (χ0n) is 17.8. The van der Waals surface area contributed by atoms with Crippen molar-refractivity contribution >= 4 is 28.0 Å². The lowest BCUT2D eigenvalue weighted by Crippen LogP contribution is -2.38. The standard InChI is InChI=1S/C20H25N9O3/c1-11-12-4-3-5-23-18(12)29(27-11)7-6-22-8-13-15(30)16(31)20(32-13)28-10-26-14-17(21-2)24-9-25-19(14)28/h3-5,9-10,13,15-16,20,22,30-31H,6-8H2,1-2H3,(H,21,24,25). The van der Waals surface area contributed by atoms with E-state index in [0.29, 0.717) is 36.6 Å². The molecule has 12 heteroatoms. The first-order valence-corrected chi connectivity index (χ1v) is 10.4. The molecule has 0 spiro atoms. The van der Waals surface area contributed by atoms with Gasteiger partial charge in [-0.25, -0.2) is 24.6 Å². The molecule has 4 atom stereocenters. The van der Waals surface area contributed by atoms with Gasteiger partial charge in [0, 0.05) is 31.7 Å². The summed E-state index contributed by atoms with van der Waals surface area (Å²) < 4.78 is 9.46. The van der Waals surface area contributed by atoms with Gasteiger partial charge in [-0.1, -0.05) is 0 Å². The van der Waals surface area contributed by atoms with Crippen molar-refractivity contribution < 1.29 is 14.9 Å². The number of rotatable bonds is 7. The van der Waals surface area contributed by atoms with E-state index in [4.69, 9.17) is 4.74 Å². The number of anilines is 1. The van der Waals surface area contributed by atoms with Crippen LogP contribution in [0.5, 0.6) is 0 Å². The van der Waals surface area contributed by atoms with E-state index in [0.717, 1.165) is 16.7 Å². The smallest absolute Gasteiger partial charge is 0.167 e. The van der Waals surface area contributed by atoms with E-state index in [9.17, 15) is 10.2 Å². The molecule has 0 amide bonds. The van der Waals surface area contributed by atoms with E-state index >= 15 is 0 Å². The molecule has 4 N–H and O–H groups in total. The summed E-state index contributed by atoms with van der Waals surface area (Å²) in [7, 11) is 1.75. The van der Waals surface area contributed by atoms with Gasteiger partial charge in [0.05, 0.1) is 18.6 Å². The highest BCUT2D eigenvalue weighted by Gasteiger charge is 2.44. The van der Waals surface area contributed by atoms with Crippen molar-refractivity contribution in [1.29, 1.82) is 0 Å². The van der Waals surface area contributed by atoms with Gasteiger partial charge >= 0.3 is 0 Å². The molecular weight excluding hydrogens is 414 g/mol. The molecule has 32 heavy (non-hydrogen) atoms. The summed E-state index contributed by atoms with van der Waals surface area (Å²) in [5.74, 6) is 0.580. The Labute approximate surface area is 183 Å². The van der Waals surface area contributed by atoms with Crippen molar-refractivity contribution in [2.45, 2.75) is 38.0 Å². The molecule has 0 radical (unpaired) electrons. The maximum absolute atomic E-state index is 10.6. The van der Waals surface area contributed by atoms with Crippen LogP contribution in [0.15, 0.2) is 31.0 Å². The van der Waals surface area contributed by atoms with Gasteiger partial charge in [-0.15, -0.1) is 0 Å². The average Bonchev–Trinajstić information content (AvgIpc) is 3.47. The fourth-order valence-corrected chi connectivity index (χ4v) is 4.10. The Morgan fingerprint density at radius 1 is 1.12 bits per heavy atom. The highest BCUT2D eigenvalue weighted by Crippen LogP contribution is 2.32. The molecule has 4 unspecified atom stereocenters. The summed E-state index contributed by atoms with van der Waals surface area (Å²) >= 11 is 0. The van der Waals surface area contributed by atoms with Crippen molar-refractivity contribution in [3.8, 4) is 0 Å². The van der Waals surface area contributed by atoms with Gasteiger partial charge in [0.15, 0.2) is 23.3 Å². The molecule has 1 fully saturated rings. The second kappa shape index (κ2) is 8.39. The molecule has 5 rings (SSSR count). The summed E-state index contributed by atoms with van der Waals surface area (Å²) in [6.07, 6.45) is 1.14. The number of aryl methyl sites for hydroxylation is 1. The topological polar surface area (TPSA) is 148 Å². The number of fused-ring (bicyclic) bond motifs is 2. The largest absolute Gasteiger partial charge is 0.387 e. The SMILES string of the molecule is CNc1ncnc2c1ncn2C1OC(CNCCn2nc(C)c3cccnc32)C(O)C1O. The third-order valence-electron chi connectivity index (χ3n) is 5.74. The zero-order valence-corrected chi connectivity index (χ0v) is 17.8. The number of nitrogens with one attached hydrogen (secondary N) is 2. The van der Waals surface area contributed by atoms with Gasteiger partial charge in [0.1, 0.15) is 30.2 Å². The summed E-state index contributed by atoms with van der Waals surface area (Å²) in [5, 5.41) is 33.0. The molecular formula is C20H25N9O3. The molecule has 12 nitrogen and oxygen atoms in total. The first-order chi connectivity index (χ1) is 15.6. The predicted octanol–water partition coefficient (Wildman–Crippen LogP) is -0.170. The van der Waals surface area contributed by atoms with Crippen LogP contribution >= 0.6 is 0 Å². The van der Waals surface area contributed by atoms with Gasteiger partial charge in [0.2, 0.25) is 0 Å². The summed E-state index contributed by atoms with van der Waals surface area (Å²) in [6.45, 7) is 3.55. The van der Waals surface area contributed by atoms with Gasteiger partial charge < -0.3 is 25.6 Å². The highest BCUT2D eigenvalue weighted by atomic mass is 16.6. The molecule has 4 aromatic heterocycles. The Morgan fingerprint density at radius 3 is 2.84 bits per heavy atom. The summed E-state index contributed by atoms with van der Waals surface area (Å²) in [6, 6.07) is 3.90. The number of hydrogen-bond acceptors (Lipinski definition) is 10. The highest BCUT2D eigenvalue weighted by molar-refractivity contribution is 5.82. The Kier molecular flexibility index (Phi) is 5.43. The second-order valence-electron chi connectivity index (χ2n) is 7.73. The number of hydrogen-bond donors (Lipinski definition) is 4. The van der Waals surface area contributed by atoms with E-state index in [1.54, 1.807) is 17.8 Å². The Bertz CT molecular complexity index is 1240. The molecule has 1 saturated heterocycles. The quantitative estimate of drug-likeness (QED) is 0.286. The van der Waals surface area contributed by atoms with Crippen molar-refractivity contribution in [3.05, 3.63) is 36.7 Å². The van der Waals surface area contributed by atoms with Crippen molar-refractivity contribution in [3.63, 3.8) is 0 Å². The van der Waals surface area contributed by atoms with Gasteiger partial charge in [-0.2, -0.15) is 5.10 Å². The number of imidazole rings is 1. The molecule has 1 aliphatic heterocycles. The molecule has 5 heterocycles. The number of ether oxygens (including phenoxy) is 1. The minimum absolute atomic E-state index is 0.365. The molecule has 0 bridgehead atoms. The van der Waals surface area contributed by atoms with Crippen LogP contribution in [0.25, 0.3) is 22.2 Å². The second-order valence-corrected chi connectivity index (χ2v) is 7.73. The lowest BCUT2D eigenvalue weighted by molar-refractivity contribution is -0.0341. The Balaban J connectivity index is 1.23. The summed E-state index contributed by atoms with van der Waals surface area (Å²) in [5.41, 5.74) is 2.86. The average molecular weight is 439 g/mol. The Morgan fingerprint density at radius 2 is 2.00 bits per heavy atom. The molecule has 0 aromatic carbocycles. The van der Waals surface area contributed by atoms with E-state index < -0.39 is 24.5 Å². The number of aliphatic hydroxyl groups excluding tert-OH is 2. The number of aliphatic hydroxyl groups is 2. The number of nitrogens with zero attached hydrogens (tertiary/aromatic N) is 7. The van der Waals surface area contributed by atoms with Crippen molar-refractivity contribution in [1.82, 2.24) is 39.6 Å². The van der Waals surface area contributed by atoms with Gasteiger partial charge in [-0.3, -0.25) is 4.57 Å². The van der Waals surface area contributed by atoms with E-state index in [1.165, 1.54) is 12.7 Å². The minimum atomic E-state index is -1.12. The first-order valence-electron chi connectivity index (χ1n) is 10.4. The number of aromatic nitrogens is 7. The van der Waals surface area contributed by atoms with Crippen LogP contribution in [0, 0.1) is 6.92 Å².